The molecule has 1 aromatic rings. The molecule has 0 atom stereocenters. The topological polar surface area (TPSA) is 92.5 Å². The van der Waals surface area contributed by atoms with Gasteiger partial charge >= 0.3 is 0 Å². The molecule has 144 valence electrons. The van der Waals surface area contributed by atoms with Gasteiger partial charge in [0.25, 0.3) is 0 Å². The molecule has 1 aromatic carbocycles. The van der Waals surface area contributed by atoms with Crippen molar-refractivity contribution >= 4 is 15.9 Å². The van der Waals surface area contributed by atoms with E-state index < -0.39 is 15.6 Å². The van der Waals surface area contributed by atoms with Crippen molar-refractivity contribution in [2.24, 2.45) is 5.73 Å². The van der Waals surface area contributed by atoms with Gasteiger partial charge in [-0.3, -0.25) is 4.79 Å². The fourth-order valence-corrected chi connectivity index (χ4v) is 5.43. The van der Waals surface area contributed by atoms with Crippen LogP contribution in [0, 0.1) is 0 Å². The van der Waals surface area contributed by atoms with E-state index in [1.54, 1.807) is 22.5 Å². The Hall–Kier alpha value is -1.44. The molecule has 26 heavy (non-hydrogen) atoms. The first-order valence-electron chi connectivity index (χ1n) is 9.58. The highest BCUT2D eigenvalue weighted by atomic mass is 32.2. The molecule has 2 fully saturated rings. The smallest absolute Gasteiger partial charge is 0.243 e. The van der Waals surface area contributed by atoms with Crippen LogP contribution >= 0.6 is 0 Å². The summed E-state index contributed by atoms with van der Waals surface area (Å²) in [6, 6.07) is 6.85. The Morgan fingerprint density at radius 3 is 2.42 bits per heavy atom. The van der Waals surface area contributed by atoms with Gasteiger partial charge in [-0.05, 0) is 43.4 Å². The first kappa shape index (κ1) is 19.3. The van der Waals surface area contributed by atoms with Crippen LogP contribution in [0.15, 0.2) is 29.2 Å². The van der Waals surface area contributed by atoms with Gasteiger partial charge < -0.3 is 11.1 Å². The van der Waals surface area contributed by atoms with Crippen LogP contribution in [0.2, 0.25) is 0 Å². The monoisotopic (exact) mass is 379 g/mol. The Morgan fingerprint density at radius 1 is 1.08 bits per heavy atom. The molecule has 6 nitrogen and oxygen atoms in total. The van der Waals surface area contributed by atoms with E-state index in [0.717, 1.165) is 44.1 Å². The third kappa shape index (κ3) is 4.27. The molecule has 0 spiro atoms. The molecule has 0 bridgehead atoms. The lowest BCUT2D eigenvalue weighted by atomic mass is 9.82. The number of nitrogens with one attached hydrogen (secondary N) is 1. The van der Waals surface area contributed by atoms with E-state index in [1.165, 1.54) is 0 Å². The molecule has 1 saturated carbocycles. The standard InChI is InChI=1S/C19H29N3O3S/c20-19(10-3-1-4-11-19)18(23)21-15-16-8-7-9-17(14-16)26(24,25)22-12-5-2-6-13-22/h7-9,14H,1-6,10-13,15,20H2,(H,21,23). The molecule has 3 N–H and O–H groups in total. The van der Waals surface area contributed by atoms with Gasteiger partial charge in [0, 0.05) is 19.6 Å². The lowest BCUT2D eigenvalue weighted by Crippen LogP contribution is -2.54. The first-order valence-corrected chi connectivity index (χ1v) is 11.0. The van der Waals surface area contributed by atoms with Crippen LogP contribution < -0.4 is 11.1 Å². The van der Waals surface area contributed by atoms with E-state index in [1.807, 2.05) is 6.07 Å². The van der Waals surface area contributed by atoms with Gasteiger partial charge in [-0.1, -0.05) is 37.8 Å². The number of nitrogens with two attached hydrogens (primary N) is 1. The zero-order valence-electron chi connectivity index (χ0n) is 15.2. The number of sulfonamides is 1. The normalized spacial score (nSPS) is 21.3. The van der Waals surface area contributed by atoms with E-state index in [0.29, 0.717) is 37.4 Å². The van der Waals surface area contributed by atoms with Crippen molar-refractivity contribution < 1.29 is 13.2 Å². The molecule has 1 aliphatic carbocycles. The number of piperidine rings is 1. The summed E-state index contributed by atoms with van der Waals surface area (Å²) in [6.45, 7) is 1.46. The highest BCUT2D eigenvalue weighted by Gasteiger charge is 2.35. The molecule has 1 aliphatic heterocycles. The lowest BCUT2D eigenvalue weighted by molar-refractivity contribution is -0.127. The number of carbonyl (C=O) groups is 1. The largest absolute Gasteiger partial charge is 0.350 e. The van der Waals surface area contributed by atoms with Gasteiger partial charge in [0.2, 0.25) is 15.9 Å². The molecule has 0 aromatic heterocycles. The minimum atomic E-state index is -3.46. The molecular weight excluding hydrogens is 350 g/mol. The maximum atomic E-state index is 12.8. The van der Waals surface area contributed by atoms with E-state index in [-0.39, 0.29) is 5.91 Å². The van der Waals surface area contributed by atoms with Crippen LogP contribution in [0.1, 0.15) is 56.9 Å². The summed E-state index contributed by atoms with van der Waals surface area (Å²) in [5.41, 5.74) is 6.24. The quantitative estimate of drug-likeness (QED) is 0.820. The minimum Gasteiger partial charge on any atom is -0.350 e. The summed E-state index contributed by atoms with van der Waals surface area (Å²) in [4.78, 5) is 12.8. The second-order valence-electron chi connectivity index (χ2n) is 7.51. The van der Waals surface area contributed by atoms with Crippen molar-refractivity contribution in [3.05, 3.63) is 29.8 Å². The summed E-state index contributed by atoms with van der Waals surface area (Å²) < 4.78 is 27.1. The van der Waals surface area contributed by atoms with E-state index >= 15 is 0 Å². The Kier molecular flexibility index (Phi) is 5.99. The van der Waals surface area contributed by atoms with Crippen LogP contribution in [-0.4, -0.2) is 37.3 Å². The Bertz CT molecular complexity index is 736. The minimum absolute atomic E-state index is 0.138. The average Bonchev–Trinajstić information content (AvgIpc) is 2.67. The van der Waals surface area contributed by atoms with E-state index in [9.17, 15) is 13.2 Å². The summed E-state index contributed by atoms with van der Waals surface area (Å²) >= 11 is 0. The number of rotatable bonds is 5. The number of nitrogens with zero attached hydrogens (tertiary/aromatic N) is 1. The van der Waals surface area contributed by atoms with Gasteiger partial charge in [0.15, 0.2) is 0 Å². The predicted molar refractivity (Wildman–Crippen MR) is 101 cm³/mol. The highest BCUT2D eigenvalue weighted by molar-refractivity contribution is 7.89. The number of benzene rings is 1. The molecule has 0 unspecified atom stereocenters. The third-order valence-electron chi connectivity index (χ3n) is 5.50. The van der Waals surface area contributed by atoms with E-state index in [4.69, 9.17) is 5.73 Å². The molecule has 1 saturated heterocycles. The SMILES string of the molecule is NC1(C(=O)NCc2cccc(S(=O)(=O)N3CCCCC3)c2)CCCCC1. The summed E-state index contributed by atoms with van der Waals surface area (Å²) in [7, 11) is -3.46. The van der Waals surface area contributed by atoms with Gasteiger partial charge in [0.1, 0.15) is 0 Å². The number of carbonyl (C=O) groups excluding carboxylic acids is 1. The summed E-state index contributed by atoms with van der Waals surface area (Å²) in [5.74, 6) is -0.138. The molecular formula is C19H29N3O3S. The number of hydrogen-bond acceptors (Lipinski definition) is 4. The average molecular weight is 380 g/mol. The molecule has 0 radical (unpaired) electrons. The van der Waals surface area contributed by atoms with Crippen molar-refractivity contribution in [3.8, 4) is 0 Å². The molecule has 2 aliphatic rings. The fourth-order valence-electron chi connectivity index (χ4n) is 3.84. The fraction of sp³-hybridized carbons (Fsp3) is 0.632. The summed E-state index contributed by atoms with van der Waals surface area (Å²) in [5, 5.41) is 2.90. The second kappa shape index (κ2) is 8.06. The third-order valence-corrected chi connectivity index (χ3v) is 7.40. The van der Waals surface area contributed by atoms with Crippen molar-refractivity contribution in [1.82, 2.24) is 9.62 Å². The number of amides is 1. The van der Waals surface area contributed by atoms with Gasteiger partial charge in [-0.15, -0.1) is 0 Å². The van der Waals surface area contributed by atoms with Crippen LogP contribution in [0.5, 0.6) is 0 Å². The Morgan fingerprint density at radius 2 is 1.73 bits per heavy atom. The van der Waals surface area contributed by atoms with Crippen molar-refractivity contribution in [1.29, 1.82) is 0 Å². The predicted octanol–water partition coefficient (Wildman–Crippen LogP) is 2.14. The van der Waals surface area contributed by atoms with Crippen molar-refractivity contribution in [3.63, 3.8) is 0 Å². The summed E-state index contributed by atoms with van der Waals surface area (Å²) in [6.07, 6.45) is 7.41. The Labute approximate surface area is 156 Å². The van der Waals surface area contributed by atoms with Crippen LogP contribution in [0.3, 0.4) is 0 Å². The number of hydrogen-bond donors (Lipinski definition) is 2. The van der Waals surface area contributed by atoms with Gasteiger partial charge in [0.05, 0.1) is 10.4 Å². The van der Waals surface area contributed by atoms with E-state index in [2.05, 4.69) is 5.32 Å². The maximum absolute atomic E-state index is 12.8. The van der Waals surface area contributed by atoms with Crippen LogP contribution in [0.4, 0.5) is 0 Å². The van der Waals surface area contributed by atoms with Crippen LogP contribution in [0.25, 0.3) is 0 Å². The molecule has 3 rings (SSSR count). The van der Waals surface area contributed by atoms with Gasteiger partial charge in [-0.25, -0.2) is 8.42 Å². The van der Waals surface area contributed by atoms with Crippen LogP contribution in [-0.2, 0) is 21.4 Å². The molecule has 1 heterocycles. The zero-order chi connectivity index (χ0) is 18.6. The first-order chi connectivity index (χ1) is 12.4. The molecule has 7 heteroatoms. The zero-order valence-corrected chi connectivity index (χ0v) is 16.1. The van der Waals surface area contributed by atoms with Crippen molar-refractivity contribution in [2.75, 3.05) is 13.1 Å². The molecule has 1 amide bonds. The second-order valence-corrected chi connectivity index (χ2v) is 9.45. The lowest BCUT2D eigenvalue weighted by Gasteiger charge is -2.31. The maximum Gasteiger partial charge on any atom is 0.243 e. The highest BCUT2D eigenvalue weighted by Crippen LogP contribution is 2.26. The Balaban J connectivity index is 1.66. The van der Waals surface area contributed by atoms with Gasteiger partial charge in [-0.2, -0.15) is 4.31 Å². The van der Waals surface area contributed by atoms with Crippen molar-refractivity contribution in [2.45, 2.75) is 68.3 Å².